The molecule has 0 aliphatic carbocycles. The number of rotatable bonds is 6. The summed E-state index contributed by atoms with van der Waals surface area (Å²) in [5.41, 5.74) is 0.968. The molecule has 4 rings (SSSR count). The van der Waals surface area contributed by atoms with Crippen molar-refractivity contribution in [2.24, 2.45) is 0 Å². The molecule has 0 N–H and O–H groups in total. The lowest BCUT2D eigenvalue weighted by Gasteiger charge is -2.36. The number of piperazine rings is 1. The van der Waals surface area contributed by atoms with Crippen LogP contribution in [0.4, 0.5) is 5.82 Å². The van der Waals surface area contributed by atoms with Gasteiger partial charge in [-0.15, -0.1) is 0 Å². The SMILES string of the molecule is COC(=O)c1cnc(N2CCN(Cc3cc(C)on3)CC2)c(S(=O)(=O)N2CCOCC2)c1. The Bertz CT molecular complexity index is 1060. The van der Waals surface area contributed by atoms with E-state index in [0.29, 0.717) is 51.8 Å². The van der Waals surface area contributed by atoms with Gasteiger partial charge in [0.1, 0.15) is 16.5 Å². The van der Waals surface area contributed by atoms with Crippen molar-refractivity contribution in [3.05, 3.63) is 35.3 Å². The van der Waals surface area contributed by atoms with Gasteiger partial charge >= 0.3 is 5.97 Å². The van der Waals surface area contributed by atoms with Crippen molar-refractivity contribution in [2.75, 3.05) is 64.5 Å². The van der Waals surface area contributed by atoms with Gasteiger partial charge in [-0.1, -0.05) is 5.16 Å². The number of methoxy groups -OCH3 is 1. The van der Waals surface area contributed by atoms with Gasteiger partial charge in [0.05, 0.1) is 31.6 Å². The number of hydrogen-bond acceptors (Lipinski definition) is 10. The molecule has 2 aliphatic rings. The molecule has 12 heteroatoms. The number of nitrogens with zero attached hydrogens (tertiary/aromatic N) is 5. The van der Waals surface area contributed by atoms with Gasteiger partial charge in [-0.05, 0) is 13.0 Å². The Morgan fingerprint density at radius 2 is 1.84 bits per heavy atom. The van der Waals surface area contributed by atoms with E-state index in [0.717, 1.165) is 11.5 Å². The molecule has 174 valence electrons. The van der Waals surface area contributed by atoms with Gasteiger partial charge in [0, 0.05) is 58.1 Å². The molecule has 0 unspecified atom stereocenters. The normalized spacial score (nSPS) is 18.6. The summed E-state index contributed by atoms with van der Waals surface area (Å²) in [6.07, 6.45) is 1.37. The third-order valence-corrected chi connectivity index (χ3v) is 7.48. The maximum atomic E-state index is 13.4. The first-order valence-corrected chi connectivity index (χ1v) is 11.9. The number of carbonyl (C=O) groups excluding carboxylic acids is 1. The molecule has 11 nitrogen and oxygen atoms in total. The number of anilines is 1. The molecule has 2 saturated heterocycles. The summed E-state index contributed by atoms with van der Waals surface area (Å²) in [6.45, 7) is 6.31. The second-order valence-electron chi connectivity index (χ2n) is 7.75. The van der Waals surface area contributed by atoms with Crippen LogP contribution in [0.15, 0.2) is 27.7 Å². The van der Waals surface area contributed by atoms with Gasteiger partial charge in [-0.3, -0.25) is 4.90 Å². The van der Waals surface area contributed by atoms with Crippen LogP contribution in [-0.4, -0.2) is 93.3 Å². The quantitative estimate of drug-likeness (QED) is 0.558. The zero-order chi connectivity index (χ0) is 22.7. The number of ether oxygens (including phenoxy) is 2. The van der Waals surface area contributed by atoms with Crippen LogP contribution in [0.3, 0.4) is 0 Å². The summed E-state index contributed by atoms with van der Waals surface area (Å²) in [6, 6.07) is 3.27. The number of sulfonamides is 1. The summed E-state index contributed by atoms with van der Waals surface area (Å²) in [5, 5.41) is 4.04. The van der Waals surface area contributed by atoms with Crippen LogP contribution >= 0.6 is 0 Å². The van der Waals surface area contributed by atoms with Crippen LogP contribution < -0.4 is 4.90 Å². The molecule has 4 heterocycles. The van der Waals surface area contributed by atoms with E-state index in [1.54, 1.807) is 0 Å². The fourth-order valence-corrected chi connectivity index (χ4v) is 5.46. The standard InChI is InChI=1S/C20H27N5O6S/c1-15-11-17(22-31-15)14-23-3-5-24(6-4-23)19-18(12-16(13-21-19)20(26)29-2)32(27,28)25-7-9-30-10-8-25/h11-13H,3-10,14H2,1-2H3. The molecule has 0 atom stereocenters. The summed E-state index contributed by atoms with van der Waals surface area (Å²) in [4.78, 5) is 20.6. The van der Waals surface area contributed by atoms with Gasteiger partial charge in [0.25, 0.3) is 0 Å². The maximum Gasteiger partial charge on any atom is 0.339 e. The number of hydrogen-bond donors (Lipinski definition) is 0. The highest BCUT2D eigenvalue weighted by atomic mass is 32.2. The molecule has 0 aromatic carbocycles. The van der Waals surface area contributed by atoms with Crippen molar-refractivity contribution < 1.29 is 27.2 Å². The Balaban J connectivity index is 1.57. The van der Waals surface area contributed by atoms with E-state index in [-0.39, 0.29) is 23.5 Å². The molecular weight excluding hydrogens is 438 g/mol. The Hall–Kier alpha value is -2.54. The van der Waals surface area contributed by atoms with Crippen LogP contribution in [0.5, 0.6) is 0 Å². The van der Waals surface area contributed by atoms with E-state index >= 15 is 0 Å². The lowest BCUT2D eigenvalue weighted by molar-refractivity contribution is 0.0599. The molecule has 2 aliphatic heterocycles. The molecule has 0 amide bonds. The second kappa shape index (κ2) is 9.53. The topological polar surface area (TPSA) is 118 Å². The van der Waals surface area contributed by atoms with Crippen molar-refractivity contribution >= 4 is 21.8 Å². The number of aryl methyl sites for hydroxylation is 1. The van der Waals surface area contributed by atoms with E-state index in [1.165, 1.54) is 23.7 Å². The van der Waals surface area contributed by atoms with Gasteiger partial charge in [-0.2, -0.15) is 4.31 Å². The zero-order valence-electron chi connectivity index (χ0n) is 18.2. The molecule has 0 spiro atoms. The average molecular weight is 466 g/mol. The minimum absolute atomic E-state index is 0.0166. The molecular formula is C20H27N5O6S. The van der Waals surface area contributed by atoms with E-state index in [9.17, 15) is 13.2 Å². The summed E-state index contributed by atoms with van der Waals surface area (Å²) >= 11 is 0. The van der Waals surface area contributed by atoms with Gasteiger partial charge in [0.2, 0.25) is 10.0 Å². The van der Waals surface area contributed by atoms with E-state index in [4.69, 9.17) is 14.0 Å². The molecule has 2 aromatic heterocycles. The highest BCUT2D eigenvalue weighted by molar-refractivity contribution is 7.89. The third kappa shape index (κ3) is 4.77. The number of pyridine rings is 1. The van der Waals surface area contributed by atoms with Crippen LogP contribution in [0.1, 0.15) is 21.8 Å². The average Bonchev–Trinajstić information content (AvgIpc) is 3.23. The fraction of sp³-hybridized carbons (Fsp3) is 0.550. The highest BCUT2D eigenvalue weighted by Crippen LogP contribution is 2.29. The number of carbonyl (C=O) groups is 1. The highest BCUT2D eigenvalue weighted by Gasteiger charge is 2.33. The third-order valence-electron chi connectivity index (χ3n) is 5.58. The summed E-state index contributed by atoms with van der Waals surface area (Å²) in [5.74, 6) is 0.489. The number of aromatic nitrogens is 2. The fourth-order valence-electron chi connectivity index (χ4n) is 3.86. The minimum atomic E-state index is -3.86. The van der Waals surface area contributed by atoms with E-state index < -0.39 is 16.0 Å². The van der Waals surface area contributed by atoms with Crippen molar-refractivity contribution in [1.82, 2.24) is 19.3 Å². The van der Waals surface area contributed by atoms with Gasteiger partial charge in [0.15, 0.2) is 0 Å². The molecule has 0 bridgehead atoms. The van der Waals surface area contributed by atoms with Crippen molar-refractivity contribution in [2.45, 2.75) is 18.4 Å². The largest absolute Gasteiger partial charge is 0.465 e. The molecule has 2 fully saturated rings. The van der Waals surface area contributed by atoms with Gasteiger partial charge < -0.3 is 18.9 Å². The van der Waals surface area contributed by atoms with Crippen molar-refractivity contribution in [3.63, 3.8) is 0 Å². The number of morpholine rings is 1. The monoisotopic (exact) mass is 465 g/mol. The van der Waals surface area contributed by atoms with Crippen molar-refractivity contribution in [1.29, 1.82) is 0 Å². The Morgan fingerprint density at radius 1 is 1.12 bits per heavy atom. The summed E-state index contributed by atoms with van der Waals surface area (Å²) < 4.78 is 43.5. The lowest BCUT2D eigenvalue weighted by Crippen LogP contribution is -2.47. The van der Waals surface area contributed by atoms with Gasteiger partial charge in [-0.25, -0.2) is 18.2 Å². The lowest BCUT2D eigenvalue weighted by atomic mass is 10.2. The Morgan fingerprint density at radius 3 is 2.47 bits per heavy atom. The molecule has 0 saturated carbocycles. The van der Waals surface area contributed by atoms with E-state index in [2.05, 4.69) is 15.0 Å². The smallest absolute Gasteiger partial charge is 0.339 e. The summed E-state index contributed by atoms with van der Waals surface area (Å²) in [7, 11) is -2.61. The van der Waals surface area contributed by atoms with E-state index in [1.807, 2.05) is 17.9 Å². The first-order valence-electron chi connectivity index (χ1n) is 10.4. The first kappa shape index (κ1) is 22.6. The number of esters is 1. The van der Waals surface area contributed by atoms with Crippen LogP contribution in [0.25, 0.3) is 0 Å². The Labute approximate surface area is 186 Å². The molecule has 2 aromatic rings. The van der Waals surface area contributed by atoms with Crippen LogP contribution in [0, 0.1) is 6.92 Å². The Kier molecular flexibility index (Phi) is 6.74. The predicted molar refractivity (Wildman–Crippen MR) is 114 cm³/mol. The molecule has 0 radical (unpaired) electrons. The second-order valence-corrected chi connectivity index (χ2v) is 9.65. The zero-order valence-corrected chi connectivity index (χ0v) is 19.0. The predicted octanol–water partition coefficient (Wildman–Crippen LogP) is 0.508. The first-order chi connectivity index (χ1) is 15.4. The maximum absolute atomic E-state index is 13.4. The van der Waals surface area contributed by atoms with Crippen LogP contribution in [0.2, 0.25) is 0 Å². The van der Waals surface area contributed by atoms with Crippen molar-refractivity contribution in [3.8, 4) is 0 Å². The molecule has 32 heavy (non-hydrogen) atoms. The minimum Gasteiger partial charge on any atom is -0.465 e. The van der Waals surface area contributed by atoms with Crippen LogP contribution in [-0.2, 0) is 26.0 Å².